The molecule has 3 radical (unpaired) electrons. The number of ketones is 9. The fourth-order valence-electron chi connectivity index (χ4n) is 2.02. The standard InChI is InChI=1S/6C5H8O2.3ClH.Ga.3Pt/c6*1-4(6)3-5(2)7;;;;;;;/h3*3H2,1-2H3;3*3,6H,1-2H3;3*1H;;;;/q;;;;;;;;;;3*+2/p+6/b;;;3*4-3-;;;;;;;. The first-order chi connectivity index (χ1) is 21.8. The number of carbonyl (C=O) groups excluding carboxylic acids is 9. The van der Waals surface area contributed by atoms with Crippen LogP contribution in [0.2, 0.25) is 0 Å². The van der Waals surface area contributed by atoms with E-state index >= 15 is 0 Å². The predicted molar refractivity (Wildman–Crippen MR) is 200 cm³/mol. The topological polar surface area (TPSA) is 253 Å². The summed E-state index contributed by atoms with van der Waals surface area (Å²) in [7, 11) is 13.8. The Labute approximate surface area is 349 Å². The summed E-state index contributed by atoms with van der Waals surface area (Å²) in [5.41, 5.74) is 0. The van der Waals surface area contributed by atoms with Crippen LogP contribution in [-0.2, 0) is 56.3 Å². The Kier molecular flexibility index (Phi) is 89.2. The summed E-state index contributed by atoms with van der Waals surface area (Å²) in [6.07, 6.45) is 4.75. The van der Waals surface area contributed by atoms with E-state index in [-0.39, 0.29) is 89.1 Å². The third-order valence-electron chi connectivity index (χ3n) is 2.79. The SMILES string of the molecule is CC(=[OH+])/C=C(/C)O.CC(=[OH+])/C=C(/C)O.CC(=[OH+])/C=C(/C)O.CC(=[OH+])CC(C)=[OH+].CC(=[OH+])CC(C)=[OH+].CC(=[OH+])CC(C)=[OH+].[Cl][Pt+].[Cl][Pt+].[Cl][Pt+].[Ga]. The normalized spacial score (nSPS) is 8.88. The Hall–Kier alpha value is -0.779. The molecule has 0 aromatic rings. The van der Waals surface area contributed by atoms with E-state index < -0.39 is 0 Å². The minimum Gasteiger partial charge on any atom is 0 e. The molecule has 0 aromatic heterocycles. The summed E-state index contributed by atoms with van der Waals surface area (Å²) in [6.45, 7) is 18.3. The molecule has 291 valence electrons. The average Bonchev–Trinajstić information content (AvgIpc) is 2.84. The van der Waals surface area contributed by atoms with E-state index in [1.807, 2.05) is 0 Å². The molecule has 12 nitrogen and oxygen atoms in total. The third-order valence-corrected chi connectivity index (χ3v) is 2.79. The summed E-state index contributed by atoms with van der Waals surface area (Å²) in [5.74, 6) is 2.25. The van der Waals surface area contributed by atoms with Crippen molar-refractivity contribution >= 4 is 100 Å². The van der Waals surface area contributed by atoms with Gasteiger partial charge in [0, 0.05) is 61.3 Å². The molecule has 0 spiro atoms. The quantitative estimate of drug-likeness (QED) is 0.0798. The molecule has 0 saturated carbocycles. The minimum absolute atomic E-state index is 0. The van der Waals surface area contributed by atoms with Gasteiger partial charge in [0.25, 0.3) is 0 Å². The van der Waals surface area contributed by atoms with Crippen LogP contribution in [0.4, 0.5) is 0 Å². The van der Waals surface area contributed by atoms with Gasteiger partial charge in [0.1, 0.15) is 0 Å². The van der Waals surface area contributed by atoms with E-state index in [4.69, 9.17) is 58.5 Å². The molecule has 0 aliphatic heterocycles. The van der Waals surface area contributed by atoms with Crippen LogP contribution in [0.5, 0.6) is 0 Å². The molecular weight excluding hydrogens is 1310 g/mol. The molecule has 0 aliphatic carbocycles. The number of hydrogen-bond donors (Lipinski definition) is 3. The number of aliphatic hydroxyl groups excluding tert-OH is 3. The van der Waals surface area contributed by atoms with Crippen molar-refractivity contribution in [3.8, 4) is 0 Å². The molecular formula is C30H57Cl3GaO12Pt3+12. The van der Waals surface area contributed by atoms with Crippen molar-refractivity contribution < 1.29 is 115 Å². The molecule has 0 aliphatic rings. The number of aliphatic hydroxyl groups is 3. The fraction of sp³-hybridized carbons (Fsp3) is 0.500. The second-order valence-corrected chi connectivity index (χ2v) is 9.22. The molecule has 0 saturated heterocycles. The van der Waals surface area contributed by atoms with Crippen molar-refractivity contribution in [2.45, 2.75) is 102 Å². The molecule has 0 aromatic carbocycles. The average molecular weight is 1370 g/mol. The number of halogens is 3. The Morgan fingerprint density at radius 1 is 0.367 bits per heavy atom. The molecule has 49 heavy (non-hydrogen) atoms. The molecule has 0 fully saturated rings. The van der Waals surface area contributed by atoms with Gasteiger partial charge in [0.05, 0.1) is 56.3 Å². The summed E-state index contributed by atoms with van der Waals surface area (Å²) >= 11 is 4.83. The van der Waals surface area contributed by atoms with Gasteiger partial charge in [-0.1, -0.05) is 0 Å². The van der Waals surface area contributed by atoms with Crippen molar-refractivity contribution in [3.05, 3.63) is 35.5 Å². The maximum absolute atomic E-state index is 8.46. The fourth-order valence-corrected chi connectivity index (χ4v) is 2.02. The van der Waals surface area contributed by atoms with E-state index in [1.54, 1.807) is 97.9 Å². The van der Waals surface area contributed by atoms with E-state index in [0.717, 1.165) is 0 Å². The smallest absolute Gasteiger partial charge is 0 e. The van der Waals surface area contributed by atoms with Crippen molar-refractivity contribution in [2.75, 3.05) is 0 Å². The first-order valence-corrected chi connectivity index (χ1v) is 21.3. The Bertz CT molecular complexity index is 872. The second kappa shape index (κ2) is 59.4. The number of hydrogen-bond acceptors (Lipinski definition) is 3. The van der Waals surface area contributed by atoms with Crippen LogP contribution in [0.25, 0.3) is 0 Å². The van der Waals surface area contributed by atoms with Crippen LogP contribution in [0.1, 0.15) is 102 Å². The number of allylic oxidation sites excluding steroid dienone is 6. The van der Waals surface area contributed by atoms with Crippen LogP contribution in [0.15, 0.2) is 35.5 Å². The largest absolute Gasteiger partial charge is 0 e. The van der Waals surface area contributed by atoms with E-state index in [9.17, 15) is 0 Å². The Morgan fingerprint density at radius 3 is 0.469 bits per heavy atom. The zero-order valence-electron chi connectivity index (χ0n) is 29.9. The summed E-state index contributed by atoms with van der Waals surface area (Å²) in [5, 5.41) is 25.2. The molecule has 0 heterocycles. The molecule has 0 rings (SSSR count). The van der Waals surface area contributed by atoms with Gasteiger partial charge in [-0.3, -0.25) is 43.2 Å². The Balaban J connectivity index is -0.0000000449. The van der Waals surface area contributed by atoms with Crippen LogP contribution >= 0.6 is 28.3 Å². The second-order valence-electron chi connectivity index (χ2n) is 9.22. The number of rotatable bonds is 9. The van der Waals surface area contributed by atoms with Gasteiger partial charge in [0.2, 0.25) is 0 Å². The summed E-state index contributed by atoms with van der Waals surface area (Å²) < 4.78 is 0. The van der Waals surface area contributed by atoms with Gasteiger partial charge in [-0.05, 0) is 20.8 Å². The minimum atomic E-state index is 0. The van der Waals surface area contributed by atoms with Crippen LogP contribution in [-0.4, -0.2) is 130 Å². The van der Waals surface area contributed by atoms with E-state index in [1.165, 1.54) is 59.8 Å². The zero-order valence-corrected chi connectivity index (χ0v) is 41.4. The van der Waals surface area contributed by atoms with E-state index in [0.29, 0.717) is 19.3 Å². The maximum Gasteiger partial charge on any atom is 0 e. The van der Waals surface area contributed by atoms with Crippen LogP contribution in [0.3, 0.4) is 0 Å². The molecule has 0 unspecified atom stereocenters. The molecule has 0 amide bonds. The van der Waals surface area contributed by atoms with Gasteiger partial charge >= 0.3 is 137 Å². The van der Waals surface area contributed by atoms with Gasteiger partial charge < -0.3 is 15.3 Å². The van der Waals surface area contributed by atoms with Gasteiger partial charge in [-0.25, -0.2) is 0 Å². The summed E-state index contributed by atoms with van der Waals surface area (Å²) in [4.78, 5) is 76.0. The van der Waals surface area contributed by atoms with Gasteiger partial charge in [0.15, 0.2) is 19.3 Å². The van der Waals surface area contributed by atoms with E-state index in [2.05, 4.69) is 28.3 Å². The molecule has 19 heteroatoms. The molecule has 12 N–H and O–H groups in total. The predicted octanol–water partition coefficient (Wildman–Crippen LogP) is 6.24. The van der Waals surface area contributed by atoms with Gasteiger partial charge in [-0.15, -0.1) is 0 Å². The van der Waals surface area contributed by atoms with Crippen molar-refractivity contribution in [1.29, 1.82) is 0 Å². The molecule has 0 atom stereocenters. The van der Waals surface area contributed by atoms with Crippen LogP contribution in [0, 0.1) is 0 Å². The first kappa shape index (κ1) is 73.6. The zero-order chi connectivity index (χ0) is 41.2. The van der Waals surface area contributed by atoms with Crippen molar-refractivity contribution in [1.82, 2.24) is 0 Å². The van der Waals surface area contributed by atoms with Crippen molar-refractivity contribution in [3.63, 3.8) is 0 Å². The summed E-state index contributed by atoms with van der Waals surface area (Å²) in [6, 6.07) is 0. The monoisotopic (exact) mass is 1370 g/mol. The Morgan fingerprint density at radius 2 is 0.469 bits per heavy atom. The molecule has 0 bridgehead atoms. The third kappa shape index (κ3) is 179. The first-order valence-electron chi connectivity index (χ1n) is 12.9. The van der Waals surface area contributed by atoms with Gasteiger partial charge in [-0.2, -0.15) is 0 Å². The van der Waals surface area contributed by atoms with Crippen LogP contribution < -0.4 is 0 Å². The van der Waals surface area contributed by atoms with Crippen molar-refractivity contribution in [2.24, 2.45) is 0 Å². The maximum atomic E-state index is 8.46.